The van der Waals surface area contributed by atoms with Crippen molar-refractivity contribution in [2.45, 2.75) is 36.4 Å². The van der Waals surface area contributed by atoms with Gasteiger partial charge in [-0.1, -0.05) is 6.07 Å². The van der Waals surface area contributed by atoms with Crippen LogP contribution in [0, 0.1) is 5.21 Å². The highest BCUT2D eigenvalue weighted by Crippen LogP contribution is 2.27. The summed E-state index contributed by atoms with van der Waals surface area (Å²) in [6, 6.07) is 2.66. The van der Waals surface area contributed by atoms with Crippen molar-refractivity contribution in [1.29, 1.82) is 0 Å². The average Bonchev–Trinajstić information content (AvgIpc) is 2.43. The summed E-state index contributed by atoms with van der Waals surface area (Å²) in [6.45, 7) is 4.68. The Hall–Kier alpha value is -2.15. The van der Waals surface area contributed by atoms with Gasteiger partial charge in [-0.2, -0.15) is 16.8 Å². The highest BCUT2D eigenvalue weighted by Gasteiger charge is 2.29. The van der Waals surface area contributed by atoms with Gasteiger partial charge >= 0.3 is 20.2 Å². The second-order valence-corrected chi connectivity index (χ2v) is 8.78. The number of fused-ring (bicyclic) bond motifs is 1. The van der Waals surface area contributed by atoms with Gasteiger partial charge in [-0.3, -0.25) is 14.1 Å². The number of hydrogen-bond acceptors (Lipinski definition) is 7. The normalized spacial score (nSPS) is 14.0. The van der Waals surface area contributed by atoms with Gasteiger partial charge in [-0.05, 0) is 6.07 Å². The molecule has 136 valence electrons. The molecule has 2 aromatic rings. The van der Waals surface area contributed by atoms with E-state index in [-0.39, 0.29) is 16.5 Å². The lowest BCUT2D eigenvalue weighted by Crippen LogP contribution is -2.30. The molecule has 0 aromatic carbocycles. The molecule has 0 spiro atoms. The van der Waals surface area contributed by atoms with Gasteiger partial charge in [0.1, 0.15) is 5.52 Å². The number of rotatable bonds is 3. The van der Waals surface area contributed by atoms with Crippen LogP contribution in [0.1, 0.15) is 26.3 Å². The van der Waals surface area contributed by atoms with Crippen LogP contribution in [0.5, 0.6) is 0 Å². The molecular weight excluding hydrogens is 374 g/mol. The van der Waals surface area contributed by atoms with Gasteiger partial charge in [0.15, 0.2) is 16.8 Å². The summed E-state index contributed by atoms with van der Waals surface area (Å²) < 4.78 is 65.5. The Labute approximate surface area is 143 Å². The maximum absolute atomic E-state index is 12.2. The predicted molar refractivity (Wildman–Crippen MR) is 87.7 cm³/mol. The maximum atomic E-state index is 12.2. The van der Waals surface area contributed by atoms with E-state index in [9.17, 15) is 31.1 Å². The minimum Gasteiger partial charge on any atom is -0.623 e. The van der Waals surface area contributed by atoms with E-state index in [1.807, 2.05) is 0 Å². The molecule has 25 heavy (non-hydrogen) atoms. The van der Waals surface area contributed by atoms with E-state index in [1.165, 1.54) is 18.3 Å². The molecule has 0 amide bonds. The lowest BCUT2D eigenvalue weighted by Gasteiger charge is -2.19. The molecule has 0 aliphatic carbocycles. The van der Waals surface area contributed by atoms with Crippen molar-refractivity contribution in [3.63, 3.8) is 0 Å². The molecule has 0 unspecified atom stereocenters. The molecule has 0 aliphatic heterocycles. The number of aromatic nitrogens is 2. The SMILES string of the molecule is CC(C)(C)[N+]([O-])=Cc1c(S(=O)(=O)O)nc(S(=O)(=O)O)c2ncccc12. The molecule has 0 bridgehead atoms. The van der Waals surface area contributed by atoms with Crippen LogP contribution >= 0.6 is 0 Å². The summed E-state index contributed by atoms with van der Waals surface area (Å²) in [7, 11) is -9.95. The van der Waals surface area contributed by atoms with Crippen molar-refractivity contribution >= 4 is 37.4 Å². The lowest BCUT2D eigenvalue weighted by molar-refractivity contribution is -0.530. The zero-order chi connectivity index (χ0) is 19.2. The van der Waals surface area contributed by atoms with E-state index >= 15 is 0 Å². The van der Waals surface area contributed by atoms with Crippen molar-refractivity contribution in [3.8, 4) is 0 Å². The van der Waals surface area contributed by atoms with Gasteiger partial charge in [-0.15, -0.1) is 0 Å². The maximum Gasteiger partial charge on any atom is 0.314 e. The first kappa shape index (κ1) is 19.2. The monoisotopic (exact) mass is 389 g/mol. The number of pyridine rings is 2. The topological polar surface area (TPSA) is 161 Å². The molecule has 2 aromatic heterocycles. The highest BCUT2D eigenvalue weighted by molar-refractivity contribution is 7.86. The van der Waals surface area contributed by atoms with Gasteiger partial charge in [-0.25, -0.2) is 9.72 Å². The summed E-state index contributed by atoms with van der Waals surface area (Å²) in [6.07, 6.45) is 2.07. The molecule has 0 saturated carbocycles. The number of nitrogens with zero attached hydrogens (tertiary/aromatic N) is 3. The Kier molecular flexibility index (Phi) is 4.59. The van der Waals surface area contributed by atoms with Crippen LogP contribution in [0.4, 0.5) is 0 Å². The summed E-state index contributed by atoms with van der Waals surface area (Å²) in [5.41, 5.74) is -1.64. The number of hydroxylamine groups is 1. The van der Waals surface area contributed by atoms with Crippen LogP contribution in [0.15, 0.2) is 28.4 Å². The Balaban J connectivity index is 3.09. The summed E-state index contributed by atoms with van der Waals surface area (Å²) >= 11 is 0. The van der Waals surface area contributed by atoms with Crippen molar-refractivity contribution < 1.29 is 30.7 Å². The summed E-state index contributed by atoms with van der Waals surface area (Å²) in [5, 5.41) is 9.99. The zero-order valence-corrected chi connectivity index (χ0v) is 15.0. The van der Waals surface area contributed by atoms with Gasteiger partial charge in [0.2, 0.25) is 5.03 Å². The van der Waals surface area contributed by atoms with Crippen LogP contribution in [0.3, 0.4) is 0 Å². The van der Waals surface area contributed by atoms with Crippen LogP contribution < -0.4 is 0 Å². The molecule has 0 fully saturated rings. The molecule has 2 rings (SSSR count). The third-order valence-electron chi connectivity index (χ3n) is 3.13. The first-order chi connectivity index (χ1) is 11.2. The zero-order valence-electron chi connectivity index (χ0n) is 13.4. The Morgan fingerprint density at radius 2 is 1.68 bits per heavy atom. The lowest BCUT2D eigenvalue weighted by atomic mass is 10.1. The van der Waals surface area contributed by atoms with E-state index in [0.29, 0.717) is 4.74 Å². The molecule has 2 heterocycles. The summed E-state index contributed by atoms with van der Waals surface area (Å²) in [4.78, 5) is 7.13. The second-order valence-electron chi connectivity index (χ2n) is 6.11. The third kappa shape index (κ3) is 3.92. The predicted octanol–water partition coefficient (Wildman–Crippen LogP) is 0.851. The molecule has 0 radical (unpaired) electrons. The van der Waals surface area contributed by atoms with E-state index < -0.39 is 35.8 Å². The van der Waals surface area contributed by atoms with Crippen LogP contribution in [0.25, 0.3) is 10.9 Å². The quantitative estimate of drug-likeness (QED) is 0.255. The average molecular weight is 389 g/mol. The minimum atomic E-state index is -5.01. The number of hydrogen-bond donors (Lipinski definition) is 2. The molecule has 12 heteroatoms. The van der Waals surface area contributed by atoms with Crippen molar-refractivity contribution in [1.82, 2.24) is 9.97 Å². The Bertz CT molecular complexity index is 1080. The van der Waals surface area contributed by atoms with E-state index in [2.05, 4.69) is 9.97 Å². The fourth-order valence-corrected chi connectivity index (χ4v) is 3.24. The van der Waals surface area contributed by atoms with E-state index in [0.717, 1.165) is 6.21 Å². The largest absolute Gasteiger partial charge is 0.623 e. The van der Waals surface area contributed by atoms with E-state index in [1.54, 1.807) is 20.8 Å². The van der Waals surface area contributed by atoms with Crippen LogP contribution in [-0.2, 0) is 20.2 Å². The van der Waals surface area contributed by atoms with Crippen molar-refractivity contribution in [2.24, 2.45) is 0 Å². The fraction of sp³-hybridized carbons (Fsp3) is 0.308. The molecule has 0 saturated heterocycles. The van der Waals surface area contributed by atoms with Crippen molar-refractivity contribution in [3.05, 3.63) is 29.1 Å². The Morgan fingerprint density at radius 1 is 1.12 bits per heavy atom. The first-order valence-electron chi connectivity index (χ1n) is 6.78. The van der Waals surface area contributed by atoms with Crippen LogP contribution in [-0.4, -0.2) is 52.4 Å². The molecule has 0 atom stereocenters. The van der Waals surface area contributed by atoms with Crippen LogP contribution in [0.2, 0.25) is 0 Å². The van der Waals surface area contributed by atoms with E-state index in [4.69, 9.17) is 0 Å². The van der Waals surface area contributed by atoms with Crippen molar-refractivity contribution in [2.75, 3.05) is 0 Å². The van der Waals surface area contributed by atoms with Gasteiger partial charge in [0.05, 0.1) is 5.56 Å². The third-order valence-corrected chi connectivity index (χ3v) is 4.70. The molecular formula is C13H15N3O7S2. The van der Waals surface area contributed by atoms with Gasteiger partial charge < -0.3 is 5.21 Å². The minimum absolute atomic E-state index is 0.0946. The molecule has 10 nitrogen and oxygen atoms in total. The fourth-order valence-electron chi connectivity index (χ4n) is 1.93. The first-order valence-corrected chi connectivity index (χ1v) is 9.66. The summed E-state index contributed by atoms with van der Waals surface area (Å²) in [5.74, 6) is 0. The Morgan fingerprint density at radius 3 is 2.16 bits per heavy atom. The molecule has 2 N–H and O–H groups in total. The van der Waals surface area contributed by atoms with Gasteiger partial charge in [0, 0.05) is 32.4 Å². The smallest absolute Gasteiger partial charge is 0.314 e. The highest BCUT2D eigenvalue weighted by atomic mass is 32.2. The standard InChI is InChI=1S/C13H15N3O7S2/c1-13(2,3)16(17)7-9-8-5-4-6-14-10(8)12(25(21,22)23)15-11(9)24(18,19)20/h4-7H,1-3H3,(H,18,19,20)(H,21,22,23). The van der Waals surface area contributed by atoms with Gasteiger partial charge in [0.25, 0.3) is 0 Å². The second kappa shape index (κ2) is 5.98. The molecule has 0 aliphatic rings.